The molecule has 1 aliphatic rings. The fourth-order valence-corrected chi connectivity index (χ4v) is 2.62. The molecule has 0 saturated carbocycles. The second-order valence-electron chi connectivity index (χ2n) is 5.68. The number of carbonyl (C=O) groups is 2. The maximum Gasteiger partial charge on any atom is 0.229 e. The number of rotatable bonds is 7. The van der Waals surface area contributed by atoms with Gasteiger partial charge in [0.1, 0.15) is 0 Å². The average Bonchev–Trinajstić information content (AvgIpc) is 3.07. The van der Waals surface area contributed by atoms with Gasteiger partial charge in [-0.1, -0.05) is 13.8 Å². The van der Waals surface area contributed by atoms with Gasteiger partial charge in [-0.05, 0) is 13.1 Å². The second kappa shape index (κ2) is 7.40. The Labute approximate surface area is 131 Å². The van der Waals surface area contributed by atoms with Crippen LogP contribution in [0.3, 0.4) is 0 Å². The number of aromatic nitrogens is 2. The third-order valence-corrected chi connectivity index (χ3v) is 4.15. The lowest BCUT2D eigenvalue weighted by atomic mass is 10.1. The minimum Gasteiger partial charge on any atom is -0.345 e. The summed E-state index contributed by atoms with van der Waals surface area (Å²) >= 11 is 0. The highest BCUT2D eigenvalue weighted by molar-refractivity contribution is 5.96. The monoisotopic (exact) mass is 307 g/mol. The predicted octanol–water partition coefficient (Wildman–Crippen LogP) is 0.642. The fraction of sp³-hybridized carbons (Fsp3) is 0.667. The molecule has 0 radical (unpaired) electrons. The zero-order valence-corrected chi connectivity index (χ0v) is 13.6. The van der Waals surface area contributed by atoms with Crippen molar-refractivity contribution in [3.63, 3.8) is 0 Å². The summed E-state index contributed by atoms with van der Waals surface area (Å²) in [5.41, 5.74) is 0.687. The first-order valence-electron chi connectivity index (χ1n) is 7.83. The number of carbonyl (C=O) groups excluding carboxylic acids is 2. The number of nitrogens with zero attached hydrogens (tertiary/aromatic N) is 4. The zero-order chi connectivity index (χ0) is 16.1. The fourth-order valence-electron chi connectivity index (χ4n) is 2.62. The van der Waals surface area contributed by atoms with Crippen molar-refractivity contribution in [2.75, 3.05) is 38.5 Å². The summed E-state index contributed by atoms with van der Waals surface area (Å²) in [6, 6.07) is 0. The highest BCUT2D eigenvalue weighted by Crippen LogP contribution is 2.18. The van der Waals surface area contributed by atoms with Gasteiger partial charge in [0.15, 0.2) is 0 Å². The quantitative estimate of drug-likeness (QED) is 0.802. The SMILES string of the molecule is CCN(CC)CCn1cc(NC(=O)[C@H]2CC(=O)N(C)C2)cn1. The lowest BCUT2D eigenvalue weighted by Gasteiger charge is -2.17. The molecule has 2 amide bonds. The molecule has 122 valence electrons. The molecule has 1 aromatic rings. The molecule has 1 fully saturated rings. The highest BCUT2D eigenvalue weighted by Gasteiger charge is 2.32. The summed E-state index contributed by atoms with van der Waals surface area (Å²) in [5, 5.41) is 7.11. The Morgan fingerprint density at radius 1 is 1.45 bits per heavy atom. The summed E-state index contributed by atoms with van der Waals surface area (Å²) < 4.78 is 1.83. The number of likely N-dealkylation sites (N-methyl/N-ethyl adjacent to an activating group) is 1. The number of nitrogens with one attached hydrogen (secondary N) is 1. The van der Waals surface area contributed by atoms with Gasteiger partial charge in [0, 0.05) is 32.8 Å². The lowest BCUT2D eigenvalue weighted by molar-refractivity contribution is -0.127. The Morgan fingerprint density at radius 2 is 2.18 bits per heavy atom. The van der Waals surface area contributed by atoms with E-state index in [2.05, 4.69) is 29.2 Å². The molecule has 2 heterocycles. The zero-order valence-electron chi connectivity index (χ0n) is 13.6. The van der Waals surface area contributed by atoms with E-state index >= 15 is 0 Å². The predicted molar refractivity (Wildman–Crippen MR) is 84.4 cm³/mol. The minimum atomic E-state index is -0.267. The molecule has 22 heavy (non-hydrogen) atoms. The molecule has 0 aliphatic carbocycles. The van der Waals surface area contributed by atoms with Crippen molar-refractivity contribution in [2.45, 2.75) is 26.8 Å². The normalized spacial score (nSPS) is 18.3. The molecule has 1 aromatic heterocycles. The number of likely N-dealkylation sites (tertiary alicyclic amines) is 1. The van der Waals surface area contributed by atoms with E-state index < -0.39 is 0 Å². The van der Waals surface area contributed by atoms with E-state index in [9.17, 15) is 9.59 Å². The van der Waals surface area contributed by atoms with E-state index in [1.807, 2.05) is 10.9 Å². The maximum absolute atomic E-state index is 12.1. The summed E-state index contributed by atoms with van der Waals surface area (Å²) in [6.07, 6.45) is 3.78. The Bertz CT molecular complexity index is 524. The Morgan fingerprint density at radius 3 is 2.77 bits per heavy atom. The summed E-state index contributed by atoms with van der Waals surface area (Å²) in [7, 11) is 1.72. The van der Waals surface area contributed by atoms with Gasteiger partial charge in [0.2, 0.25) is 11.8 Å². The summed E-state index contributed by atoms with van der Waals surface area (Å²) in [6.45, 7) is 8.53. The molecule has 7 heteroatoms. The van der Waals surface area contributed by atoms with Crippen LogP contribution in [-0.4, -0.2) is 64.6 Å². The standard InChI is InChI=1S/C15H25N5O2/c1-4-19(5-2)6-7-20-11-13(9-16-20)17-15(22)12-8-14(21)18(3)10-12/h9,11-12H,4-8,10H2,1-3H3,(H,17,22)/t12-/m0/s1. The van der Waals surface area contributed by atoms with E-state index in [1.54, 1.807) is 18.1 Å². The van der Waals surface area contributed by atoms with Crippen molar-refractivity contribution < 1.29 is 9.59 Å². The van der Waals surface area contributed by atoms with E-state index in [4.69, 9.17) is 0 Å². The van der Waals surface area contributed by atoms with Crippen LogP contribution in [0.4, 0.5) is 5.69 Å². The minimum absolute atomic E-state index is 0.0232. The first-order valence-corrected chi connectivity index (χ1v) is 7.83. The van der Waals surface area contributed by atoms with Crippen molar-refractivity contribution in [3.8, 4) is 0 Å². The number of hydrogen-bond donors (Lipinski definition) is 1. The van der Waals surface area contributed by atoms with Gasteiger partial charge in [-0.15, -0.1) is 0 Å². The van der Waals surface area contributed by atoms with Crippen molar-refractivity contribution in [3.05, 3.63) is 12.4 Å². The molecule has 0 spiro atoms. The van der Waals surface area contributed by atoms with Crippen LogP contribution in [0, 0.1) is 5.92 Å². The van der Waals surface area contributed by atoms with Crippen LogP contribution in [0.1, 0.15) is 20.3 Å². The molecule has 1 atom stereocenters. The molecule has 0 aromatic carbocycles. The maximum atomic E-state index is 12.1. The van der Waals surface area contributed by atoms with Crippen LogP contribution in [0.5, 0.6) is 0 Å². The van der Waals surface area contributed by atoms with Gasteiger partial charge in [-0.25, -0.2) is 0 Å². The van der Waals surface area contributed by atoms with E-state index in [0.717, 1.165) is 26.2 Å². The second-order valence-corrected chi connectivity index (χ2v) is 5.68. The van der Waals surface area contributed by atoms with Crippen molar-refractivity contribution in [1.29, 1.82) is 0 Å². The third-order valence-electron chi connectivity index (χ3n) is 4.15. The average molecular weight is 307 g/mol. The van der Waals surface area contributed by atoms with Crippen LogP contribution in [0.2, 0.25) is 0 Å². The van der Waals surface area contributed by atoms with Crippen LogP contribution in [0.25, 0.3) is 0 Å². The van der Waals surface area contributed by atoms with E-state index in [1.165, 1.54) is 0 Å². The van der Waals surface area contributed by atoms with Crippen LogP contribution in [0.15, 0.2) is 12.4 Å². The smallest absolute Gasteiger partial charge is 0.229 e. The first kappa shape index (κ1) is 16.5. The first-order chi connectivity index (χ1) is 10.5. The Balaban J connectivity index is 1.84. The van der Waals surface area contributed by atoms with Gasteiger partial charge in [0.05, 0.1) is 24.3 Å². The van der Waals surface area contributed by atoms with Crippen LogP contribution >= 0.6 is 0 Å². The largest absolute Gasteiger partial charge is 0.345 e. The number of amides is 2. The van der Waals surface area contributed by atoms with Gasteiger partial charge in [0.25, 0.3) is 0 Å². The van der Waals surface area contributed by atoms with Crippen LogP contribution < -0.4 is 5.32 Å². The van der Waals surface area contributed by atoms with Crippen LogP contribution in [-0.2, 0) is 16.1 Å². The molecular formula is C15H25N5O2. The Hall–Kier alpha value is -1.89. The van der Waals surface area contributed by atoms with Crippen molar-refractivity contribution >= 4 is 17.5 Å². The molecule has 7 nitrogen and oxygen atoms in total. The molecule has 1 aliphatic heterocycles. The lowest BCUT2D eigenvalue weighted by Crippen LogP contribution is -2.27. The van der Waals surface area contributed by atoms with Gasteiger partial charge in [-0.3, -0.25) is 14.3 Å². The van der Waals surface area contributed by atoms with Crippen molar-refractivity contribution in [1.82, 2.24) is 19.6 Å². The van der Waals surface area contributed by atoms with Gasteiger partial charge in [-0.2, -0.15) is 5.10 Å². The van der Waals surface area contributed by atoms with Gasteiger partial charge < -0.3 is 15.1 Å². The molecule has 1 saturated heterocycles. The van der Waals surface area contributed by atoms with Crippen molar-refractivity contribution in [2.24, 2.45) is 5.92 Å². The number of hydrogen-bond acceptors (Lipinski definition) is 4. The summed E-state index contributed by atoms with van der Waals surface area (Å²) in [4.78, 5) is 27.5. The topological polar surface area (TPSA) is 70.5 Å². The Kier molecular flexibility index (Phi) is 5.54. The van der Waals surface area contributed by atoms with Gasteiger partial charge >= 0.3 is 0 Å². The third kappa shape index (κ3) is 4.07. The van der Waals surface area contributed by atoms with E-state index in [-0.39, 0.29) is 17.7 Å². The molecule has 2 rings (SSSR count). The molecular weight excluding hydrogens is 282 g/mol. The summed E-state index contributed by atoms with van der Waals surface area (Å²) in [5.74, 6) is -0.354. The molecule has 1 N–H and O–H groups in total. The molecule has 0 bridgehead atoms. The van der Waals surface area contributed by atoms with E-state index in [0.29, 0.717) is 18.7 Å². The molecule has 0 unspecified atom stereocenters. The highest BCUT2D eigenvalue weighted by atomic mass is 16.2. The number of anilines is 1.